The van der Waals surface area contributed by atoms with Gasteiger partial charge in [0.15, 0.2) is 0 Å². The molecule has 2 rings (SSSR count). The van der Waals surface area contributed by atoms with Crippen LogP contribution in [0.5, 0.6) is 11.5 Å². The van der Waals surface area contributed by atoms with E-state index in [2.05, 4.69) is 36.3 Å². The molecule has 0 aliphatic rings. The van der Waals surface area contributed by atoms with Crippen LogP contribution in [0.2, 0.25) is 0 Å². The van der Waals surface area contributed by atoms with Crippen molar-refractivity contribution in [2.45, 2.75) is 33.2 Å². The van der Waals surface area contributed by atoms with Crippen molar-refractivity contribution >= 4 is 0 Å². The summed E-state index contributed by atoms with van der Waals surface area (Å²) in [4.78, 5) is 4.33. The molecule has 0 fully saturated rings. The summed E-state index contributed by atoms with van der Waals surface area (Å²) in [5, 5.41) is 3.14. The number of rotatable bonds is 5. The highest BCUT2D eigenvalue weighted by molar-refractivity contribution is 5.39. The molecule has 0 spiro atoms. The van der Waals surface area contributed by atoms with E-state index in [1.54, 1.807) is 0 Å². The largest absolute Gasteiger partial charge is 0.457 e. The van der Waals surface area contributed by atoms with E-state index in [0.717, 1.165) is 29.3 Å². The maximum absolute atomic E-state index is 6.05. The highest BCUT2D eigenvalue weighted by Gasteiger charge is 2.07. The minimum absolute atomic E-state index is 0.495. The number of ether oxygens (including phenoxy) is 1. The summed E-state index contributed by atoms with van der Waals surface area (Å²) >= 11 is 0. The lowest BCUT2D eigenvalue weighted by molar-refractivity contribution is 0.471. The average molecular weight is 270 g/mol. The topological polar surface area (TPSA) is 34.2 Å². The van der Waals surface area contributed by atoms with E-state index in [1.807, 2.05) is 38.4 Å². The minimum atomic E-state index is 0.495. The molecular weight excluding hydrogens is 248 g/mol. The summed E-state index contributed by atoms with van der Waals surface area (Å²) in [6.45, 7) is 7.08. The maximum Gasteiger partial charge on any atom is 0.135 e. The molecule has 0 aliphatic heterocycles. The van der Waals surface area contributed by atoms with Crippen LogP contribution in [0.25, 0.3) is 0 Å². The normalized spacial score (nSPS) is 10.8. The van der Waals surface area contributed by atoms with Crippen molar-refractivity contribution < 1.29 is 4.74 Å². The molecule has 0 radical (unpaired) electrons. The van der Waals surface area contributed by atoms with Gasteiger partial charge in [0, 0.05) is 30.1 Å². The van der Waals surface area contributed by atoms with Crippen molar-refractivity contribution in [3.63, 3.8) is 0 Å². The van der Waals surface area contributed by atoms with Gasteiger partial charge in [-0.2, -0.15) is 0 Å². The molecule has 0 saturated carbocycles. The number of nitrogens with one attached hydrogen (secondary N) is 1. The van der Waals surface area contributed by atoms with Crippen LogP contribution in [-0.2, 0) is 6.54 Å². The molecule has 1 aromatic carbocycles. The fraction of sp³-hybridized carbons (Fsp3) is 0.353. The quantitative estimate of drug-likeness (QED) is 0.891. The Kier molecular flexibility index (Phi) is 4.74. The molecule has 2 aromatic rings. The molecule has 0 atom stereocenters. The highest BCUT2D eigenvalue weighted by Crippen LogP contribution is 2.28. The molecule has 0 amide bonds. The van der Waals surface area contributed by atoms with E-state index < -0.39 is 0 Å². The number of nitrogens with zero attached hydrogens (tertiary/aromatic N) is 1. The predicted octanol–water partition coefficient (Wildman–Crippen LogP) is 4.03. The van der Waals surface area contributed by atoms with Crippen LogP contribution >= 0.6 is 0 Å². The van der Waals surface area contributed by atoms with Gasteiger partial charge in [-0.15, -0.1) is 0 Å². The van der Waals surface area contributed by atoms with Gasteiger partial charge in [0.1, 0.15) is 11.5 Å². The van der Waals surface area contributed by atoms with Gasteiger partial charge in [0.05, 0.1) is 0 Å². The monoisotopic (exact) mass is 270 g/mol. The van der Waals surface area contributed by atoms with Crippen LogP contribution in [0.1, 0.15) is 36.6 Å². The third kappa shape index (κ3) is 3.58. The Labute approximate surface area is 121 Å². The van der Waals surface area contributed by atoms with Crippen molar-refractivity contribution in [2.75, 3.05) is 7.05 Å². The molecule has 0 saturated heterocycles. The first-order valence-electron chi connectivity index (χ1n) is 6.98. The molecular formula is C17H22N2O. The minimum Gasteiger partial charge on any atom is -0.457 e. The molecule has 0 unspecified atom stereocenters. The Hall–Kier alpha value is -1.87. The van der Waals surface area contributed by atoms with Gasteiger partial charge in [0.2, 0.25) is 0 Å². The smallest absolute Gasteiger partial charge is 0.135 e. The first-order valence-corrected chi connectivity index (χ1v) is 6.98. The lowest BCUT2D eigenvalue weighted by atomic mass is 10.0. The number of aryl methyl sites for hydroxylation is 1. The van der Waals surface area contributed by atoms with Crippen molar-refractivity contribution in [3.8, 4) is 11.5 Å². The zero-order valence-corrected chi connectivity index (χ0v) is 12.6. The fourth-order valence-electron chi connectivity index (χ4n) is 2.05. The number of aromatic nitrogens is 1. The third-order valence-electron chi connectivity index (χ3n) is 3.20. The van der Waals surface area contributed by atoms with Crippen molar-refractivity contribution in [2.24, 2.45) is 0 Å². The van der Waals surface area contributed by atoms with Crippen LogP contribution in [-0.4, -0.2) is 12.0 Å². The van der Waals surface area contributed by atoms with Crippen LogP contribution in [0.15, 0.2) is 36.5 Å². The van der Waals surface area contributed by atoms with Gasteiger partial charge in [-0.25, -0.2) is 0 Å². The lowest BCUT2D eigenvalue weighted by Crippen LogP contribution is -2.07. The second-order valence-electron chi connectivity index (χ2n) is 5.29. The summed E-state index contributed by atoms with van der Waals surface area (Å²) in [6, 6.07) is 10.2. The highest BCUT2D eigenvalue weighted by atomic mass is 16.5. The Morgan fingerprint density at radius 2 is 2.05 bits per heavy atom. The predicted molar refractivity (Wildman–Crippen MR) is 82.3 cm³/mol. The van der Waals surface area contributed by atoms with E-state index in [-0.39, 0.29) is 0 Å². The van der Waals surface area contributed by atoms with E-state index >= 15 is 0 Å². The first-order chi connectivity index (χ1) is 9.60. The zero-order valence-electron chi connectivity index (χ0n) is 12.6. The summed E-state index contributed by atoms with van der Waals surface area (Å²) in [6.07, 6.45) is 1.87. The van der Waals surface area contributed by atoms with Crippen LogP contribution in [0, 0.1) is 6.92 Å². The Morgan fingerprint density at radius 3 is 2.75 bits per heavy atom. The van der Waals surface area contributed by atoms with Gasteiger partial charge >= 0.3 is 0 Å². The number of benzene rings is 1. The van der Waals surface area contributed by atoms with E-state index in [1.165, 1.54) is 5.56 Å². The molecule has 0 bridgehead atoms. The van der Waals surface area contributed by atoms with Gasteiger partial charge in [0.25, 0.3) is 0 Å². The summed E-state index contributed by atoms with van der Waals surface area (Å²) in [5.41, 5.74) is 3.30. The Bertz CT molecular complexity index is 579. The van der Waals surface area contributed by atoms with Crippen molar-refractivity contribution in [3.05, 3.63) is 53.3 Å². The molecule has 1 aromatic heterocycles. The molecule has 106 valence electrons. The third-order valence-corrected chi connectivity index (χ3v) is 3.20. The van der Waals surface area contributed by atoms with Gasteiger partial charge in [-0.05, 0) is 37.6 Å². The van der Waals surface area contributed by atoms with Gasteiger partial charge in [-0.1, -0.05) is 26.0 Å². The molecule has 3 nitrogen and oxygen atoms in total. The number of pyridine rings is 1. The van der Waals surface area contributed by atoms with Gasteiger partial charge in [-0.3, -0.25) is 4.98 Å². The molecule has 20 heavy (non-hydrogen) atoms. The van der Waals surface area contributed by atoms with Crippen molar-refractivity contribution in [1.29, 1.82) is 0 Å². The second-order valence-corrected chi connectivity index (χ2v) is 5.29. The standard InChI is InChI=1S/C17H22N2O/c1-12(2)14-6-5-7-16(9-14)20-17-8-13(3)19-11-15(17)10-18-4/h5-9,11-12,18H,10H2,1-4H3. The van der Waals surface area contributed by atoms with Gasteiger partial charge < -0.3 is 10.1 Å². The van der Waals surface area contributed by atoms with E-state index in [4.69, 9.17) is 4.74 Å². The SMILES string of the molecule is CNCc1cnc(C)cc1Oc1cccc(C(C)C)c1. The average Bonchev–Trinajstić information content (AvgIpc) is 2.42. The summed E-state index contributed by atoms with van der Waals surface area (Å²) in [5.74, 6) is 2.24. The van der Waals surface area contributed by atoms with Crippen molar-refractivity contribution in [1.82, 2.24) is 10.3 Å². The Morgan fingerprint density at radius 1 is 1.25 bits per heavy atom. The molecule has 1 N–H and O–H groups in total. The zero-order chi connectivity index (χ0) is 14.5. The fourth-order valence-corrected chi connectivity index (χ4v) is 2.05. The molecule has 3 heteroatoms. The number of hydrogen-bond acceptors (Lipinski definition) is 3. The van der Waals surface area contributed by atoms with E-state index in [0.29, 0.717) is 5.92 Å². The Balaban J connectivity index is 2.29. The summed E-state index contributed by atoms with van der Waals surface area (Å²) in [7, 11) is 1.92. The van der Waals surface area contributed by atoms with E-state index in [9.17, 15) is 0 Å². The van der Waals surface area contributed by atoms with Crippen LogP contribution in [0.3, 0.4) is 0 Å². The first kappa shape index (κ1) is 14.5. The lowest BCUT2D eigenvalue weighted by Gasteiger charge is -2.13. The molecule has 1 heterocycles. The second kappa shape index (κ2) is 6.53. The maximum atomic E-state index is 6.05. The number of hydrogen-bond donors (Lipinski definition) is 1. The van der Waals surface area contributed by atoms with Crippen LogP contribution in [0.4, 0.5) is 0 Å². The summed E-state index contributed by atoms with van der Waals surface area (Å²) < 4.78 is 6.05. The molecule has 0 aliphatic carbocycles. The van der Waals surface area contributed by atoms with Crippen LogP contribution < -0.4 is 10.1 Å².